The van der Waals surface area contributed by atoms with Gasteiger partial charge in [-0.1, -0.05) is 30.3 Å². The van der Waals surface area contributed by atoms with E-state index in [2.05, 4.69) is 42.1 Å². The summed E-state index contributed by atoms with van der Waals surface area (Å²) in [6.45, 7) is 4.94. The fraction of sp³-hybridized carbons (Fsp3) is 0.364. The van der Waals surface area contributed by atoms with Crippen LogP contribution in [-0.2, 0) is 19.3 Å². The van der Waals surface area contributed by atoms with E-state index in [1.54, 1.807) is 0 Å². The highest BCUT2D eigenvalue weighted by Crippen LogP contribution is 2.31. The van der Waals surface area contributed by atoms with E-state index in [0.29, 0.717) is 12.6 Å². The van der Waals surface area contributed by atoms with E-state index >= 15 is 0 Å². The van der Waals surface area contributed by atoms with Crippen molar-refractivity contribution in [1.82, 2.24) is 14.9 Å². The van der Waals surface area contributed by atoms with Crippen LogP contribution in [0.4, 0.5) is 0 Å². The number of benzene rings is 1. The fourth-order valence-corrected chi connectivity index (χ4v) is 3.89. The molecule has 1 N–H and O–H groups in total. The van der Waals surface area contributed by atoms with Crippen molar-refractivity contribution >= 4 is 16.9 Å². The Hall–Kier alpha value is -2.62. The van der Waals surface area contributed by atoms with Crippen LogP contribution in [0, 0.1) is 0 Å². The number of rotatable bonds is 5. The average Bonchev–Trinajstić information content (AvgIpc) is 3.26. The first-order chi connectivity index (χ1) is 12.6. The largest absolute Gasteiger partial charge is 0.352 e. The number of nitrogens with zero attached hydrogens (tertiary/aromatic N) is 2. The molecule has 0 saturated carbocycles. The zero-order chi connectivity index (χ0) is 18.1. The minimum absolute atomic E-state index is 0.0352. The third-order valence-corrected chi connectivity index (χ3v) is 5.21. The van der Waals surface area contributed by atoms with Crippen molar-refractivity contribution in [2.45, 2.75) is 45.6 Å². The number of fused-ring (bicyclic) bond motifs is 2. The lowest BCUT2D eigenvalue weighted by molar-refractivity contribution is 0.0955. The summed E-state index contributed by atoms with van der Waals surface area (Å²) in [6.07, 6.45) is 5.90. The summed E-state index contributed by atoms with van der Waals surface area (Å²) in [4.78, 5) is 17.9. The van der Waals surface area contributed by atoms with Crippen LogP contribution >= 0.6 is 0 Å². The molecule has 1 aliphatic carbocycles. The molecule has 1 amide bonds. The van der Waals surface area contributed by atoms with Gasteiger partial charge in [0.15, 0.2) is 0 Å². The number of hydrogen-bond acceptors (Lipinski definition) is 2. The van der Waals surface area contributed by atoms with Crippen LogP contribution in [-0.4, -0.2) is 22.0 Å². The quantitative estimate of drug-likeness (QED) is 0.756. The number of amides is 1. The topological polar surface area (TPSA) is 46.9 Å². The predicted molar refractivity (Wildman–Crippen MR) is 105 cm³/mol. The lowest BCUT2D eigenvalue weighted by Gasteiger charge is -2.13. The van der Waals surface area contributed by atoms with Crippen LogP contribution in [0.5, 0.6) is 0 Å². The molecule has 0 aliphatic heterocycles. The molecule has 4 heteroatoms. The Morgan fingerprint density at radius 2 is 2.00 bits per heavy atom. The van der Waals surface area contributed by atoms with E-state index in [4.69, 9.17) is 4.98 Å². The Morgan fingerprint density at radius 1 is 1.19 bits per heavy atom. The van der Waals surface area contributed by atoms with Gasteiger partial charge in [-0.25, -0.2) is 4.98 Å². The van der Waals surface area contributed by atoms with E-state index in [0.717, 1.165) is 53.5 Å². The summed E-state index contributed by atoms with van der Waals surface area (Å²) < 4.78 is 2.16. The van der Waals surface area contributed by atoms with Gasteiger partial charge >= 0.3 is 0 Å². The highest BCUT2D eigenvalue weighted by atomic mass is 16.1. The summed E-state index contributed by atoms with van der Waals surface area (Å²) in [6, 6.07) is 12.6. The number of aryl methyl sites for hydroxylation is 1. The molecule has 4 rings (SSSR count). The fourth-order valence-electron chi connectivity index (χ4n) is 3.89. The molecule has 4 nitrogen and oxygen atoms in total. The average molecular weight is 347 g/mol. The van der Waals surface area contributed by atoms with Crippen molar-refractivity contribution in [1.29, 1.82) is 0 Å². The van der Waals surface area contributed by atoms with Gasteiger partial charge in [-0.3, -0.25) is 4.79 Å². The van der Waals surface area contributed by atoms with Gasteiger partial charge in [0.2, 0.25) is 0 Å². The first-order valence-corrected chi connectivity index (χ1v) is 9.49. The molecule has 0 unspecified atom stereocenters. The van der Waals surface area contributed by atoms with Crippen LogP contribution in [0.3, 0.4) is 0 Å². The molecule has 1 aromatic carbocycles. The minimum atomic E-state index is 0.0352. The van der Waals surface area contributed by atoms with Gasteiger partial charge in [-0.2, -0.15) is 0 Å². The molecular formula is C22H25N3O. The van der Waals surface area contributed by atoms with E-state index in [1.807, 2.05) is 24.3 Å². The molecule has 0 bridgehead atoms. The van der Waals surface area contributed by atoms with Crippen LogP contribution in [0.2, 0.25) is 0 Å². The van der Waals surface area contributed by atoms with Crippen molar-refractivity contribution < 1.29 is 4.79 Å². The van der Waals surface area contributed by atoms with Gasteiger partial charge < -0.3 is 9.88 Å². The molecule has 0 spiro atoms. The van der Waals surface area contributed by atoms with Crippen molar-refractivity contribution in [2.75, 3.05) is 6.54 Å². The summed E-state index contributed by atoms with van der Waals surface area (Å²) in [5.41, 5.74) is 5.27. The highest BCUT2D eigenvalue weighted by molar-refractivity contribution is 6.07. The Bertz CT molecular complexity index is 941. The smallest absolute Gasteiger partial charge is 0.252 e. The molecule has 0 atom stereocenters. The number of carbonyl (C=O) groups excluding carboxylic acids is 1. The Balaban J connectivity index is 1.63. The molecule has 0 fully saturated rings. The summed E-state index contributed by atoms with van der Waals surface area (Å²) in [7, 11) is 0. The molecular weight excluding hydrogens is 322 g/mol. The summed E-state index contributed by atoms with van der Waals surface area (Å²) in [5, 5.41) is 4.11. The first-order valence-electron chi connectivity index (χ1n) is 9.49. The molecule has 2 aromatic heterocycles. The molecule has 0 saturated heterocycles. The minimum Gasteiger partial charge on any atom is -0.352 e. The molecule has 0 radical (unpaired) electrons. The summed E-state index contributed by atoms with van der Waals surface area (Å²) >= 11 is 0. The van der Waals surface area contributed by atoms with Crippen molar-refractivity contribution in [3.05, 3.63) is 65.0 Å². The number of carbonyl (C=O) groups is 1. The lowest BCUT2D eigenvalue weighted by Crippen LogP contribution is -2.27. The maximum Gasteiger partial charge on any atom is 0.252 e. The van der Waals surface area contributed by atoms with Crippen LogP contribution in [0.1, 0.15) is 53.5 Å². The second-order valence-electron chi connectivity index (χ2n) is 7.31. The second-order valence-corrected chi connectivity index (χ2v) is 7.31. The van der Waals surface area contributed by atoms with Gasteiger partial charge in [0.05, 0.1) is 5.56 Å². The van der Waals surface area contributed by atoms with Gasteiger partial charge in [-0.05, 0) is 56.7 Å². The maximum absolute atomic E-state index is 13.0. The molecule has 1 aliphatic rings. The highest BCUT2D eigenvalue weighted by Gasteiger charge is 2.25. The Kier molecular flexibility index (Phi) is 4.49. The Labute approximate surface area is 154 Å². The van der Waals surface area contributed by atoms with Gasteiger partial charge in [0.1, 0.15) is 5.65 Å². The van der Waals surface area contributed by atoms with Gasteiger partial charge in [-0.15, -0.1) is 0 Å². The predicted octanol–water partition coefficient (Wildman–Crippen LogP) is 4.08. The zero-order valence-corrected chi connectivity index (χ0v) is 15.5. The van der Waals surface area contributed by atoms with Crippen LogP contribution < -0.4 is 5.32 Å². The van der Waals surface area contributed by atoms with Crippen LogP contribution in [0.15, 0.2) is 42.6 Å². The molecule has 134 valence electrons. The summed E-state index contributed by atoms with van der Waals surface area (Å²) in [5.74, 6) is 0.0352. The van der Waals surface area contributed by atoms with Gasteiger partial charge in [0.25, 0.3) is 5.91 Å². The monoisotopic (exact) mass is 347 g/mol. The lowest BCUT2D eigenvalue weighted by atomic mass is 10.0. The van der Waals surface area contributed by atoms with Crippen molar-refractivity contribution in [2.24, 2.45) is 0 Å². The first kappa shape index (κ1) is 16.8. The maximum atomic E-state index is 13.0. The third kappa shape index (κ3) is 3.00. The number of hydrogen-bond donors (Lipinski definition) is 1. The normalized spacial score (nSPS) is 13.3. The zero-order valence-electron chi connectivity index (χ0n) is 15.5. The van der Waals surface area contributed by atoms with E-state index in [1.165, 1.54) is 5.56 Å². The number of nitrogens with one attached hydrogen (secondary N) is 1. The third-order valence-electron chi connectivity index (χ3n) is 5.21. The van der Waals surface area contributed by atoms with E-state index in [-0.39, 0.29) is 5.91 Å². The van der Waals surface area contributed by atoms with E-state index < -0.39 is 0 Å². The SMILES string of the molecule is CC(C)n1ccc2c(C(=O)NCCc3ccccc3)c3c(nc21)CCC3. The van der Waals surface area contributed by atoms with Crippen molar-refractivity contribution in [3.63, 3.8) is 0 Å². The number of pyridine rings is 1. The number of aromatic nitrogens is 2. The van der Waals surface area contributed by atoms with Gasteiger partial charge in [0, 0.05) is 29.9 Å². The van der Waals surface area contributed by atoms with E-state index in [9.17, 15) is 4.79 Å². The second kappa shape index (κ2) is 6.94. The molecule has 26 heavy (non-hydrogen) atoms. The standard InChI is InChI=1S/C22H25N3O/c1-15(2)25-14-12-18-20(17-9-6-10-19(17)24-21(18)25)22(26)23-13-11-16-7-4-3-5-8-16/h3-5,7-8,12,14-15H,6,9-11,13H2,1-2H3,(H,23,26). The molecule has 2 heterocycles. The molecule has 3 aromatic rings. The Morgan fingerprint density at radius 3 is 2.77 bits per heavy atom. The van der Waals surface area contributed by atoms with Crippen molar-refractivity contribution in [3.8, 4) is 0 Å². The van der Waals surface area contributed by atoms with Crippen LogP contribution in [0.25, 0.3) is 11.0 Å².